The minimum atomic E-state index is -0.552. The van der Waals surface area contributed by atoms with Gasteiger partial charge in [0.05, 0.1) is 10.9 Å². The number of rotatable bonds is 5. The normalized spacial score (nSPS) is 12.2. The number of benzene rings is 2. The van der Waals surface area contributed by atoms with Gasteiger partial charge >= 0.3 is 0 Å². The molecule has 0 bridgehead atoms. The smallest absolute Gasteiger partial charge is 0.252 e. The summed E-state index contributed by atoms with van der Waals surface area (Å²) in [4.78, 5) is 16.0. The summed E-state index contributed by atoms with van der Waals surface area (Å²) in [5.41, 5.74) is 16.0. The molecule has 1 atom stereocenters. The van der Waals surface area contributed by atoms with Gasteiger partial charge in [0.15, 0.2) is 5.58 Å². The van der Waals surface area contributed by atoms with Gasteiger partial charge in [0.2, 0.25) is 0 Å². The predicted molar refractivity (Wildman–Crippen MR) is 103 cm³/mol. The molecule has 0 radical (unpaired) electrons. The molecular weight excluding hydrogens is 340 g/mol. The Bertz CT molecular complexity index is 1110. The highest BCUT2D eigenvalue weighted by atomic mass is 16.5. The zero-order valence-corrected chi connectivity index (χ0v) is 14.5. The number of aromatic nitrogens is 2. The molecule has 0 saturated heterocycles. The van der Waals surface area contributed by atoms with E-state index in [4.69, 9.17) is 16.0 Å². The number of nitrogens with two attached hydrogens (primary N) is 2. The molecule has 0 aliphatic carbocycles. The zero-order chi connectivity index (χ0) is 18.8. The first kappa shape index (κ1) is 16.9. The van der Waals surface area contributed by atoms with Gasteiger partial charge in [0, 0.05) is 29.9 Å². The maximum absolute atomic E-state index is 11.6. The Labute approximate surface area is 155 Å². The summed E-state index contributed by atoms with van der Waals surface area (Å²) < 4.78 is 5.44. The van der Waals surface area contributed by atoms with Gasteiger partial charge in [-0.3, -0.25) is 9.78 Å². The van der Waals surface area contributed by atoms with Crippen molar-refractivity contribution in [3.8, 4) is 11.3 Å². The summed E-state index contributed by atoms with van der Waals surface area (Å²) in [5.74, 6) is -0.552. The third-order valence-corrected chi connectivity index (χ3v) is 4.53. The van der Waals surface area contributed by atoms with E-state index in [2.05, 4.69) is 10.1 Å². The first-order chi connectivity index (χ1) is 13.1. The number of nitrogens with zero attached hydrogens (tertiary/aromatic N) is 2. The number of hydrogen-bond donors (Lipinski definition) is 2. The molecule has 4 N–H and O–H groups in total. The van der Waals surface area contributed by atoms with Crippen LogP contribution in [0.25, 0.3) is 22.2 Å². The maximum Gasteiger partial charge on any atom is 0.252 e. The molecule has 0 spiro atoms. The Kier molecular flexibility index (Phi) is 4.40. The Morgan fingerprint density at radius 1 is 1.04 bits per heavy atom. The number of para-hydroxylation sites is 1. The van der Waals surface area contributed by atoms with E-state index >= 15 is 0 Å². The van der Waals surface area contributed by atoms with Crippen molar-refractivity contribution in [3.63, 3.8) is 0 Å². The highest BCUT2D eigenvalue weighted by Gasteiger charge is 2.20. The van der Waals surface area contributed by atoms with Gasteiger partial charge < -0.3 is 16.0 Å². The van der Waals surface area contributed by atoms with E-state index < -0.39 is 5.91 Å². The van der Waals surface area contributed by atoms with Gasteiger partial charge in [0.25, 0.3) is 5.91 Å². The maximum atomic E-state index is 11.6. The molecule has 4 aromatic rings. The van der Waals surface area contributed by atoms with Crippen LogP contribution < -0.4 is 11.5 Å². The number of pyridine rings is 1. The van der Waals surface area contributed by atoms with Crippen LogP contribution in [0.5, 0.6) is 0 Å². The summed E-state index contributed by atoms with van der Waals surface area (Å²) in [7, 11) is 0. The van der Waals surface area contributed by atoms with Gasteiger partial charge in [-0.25, -0.2) is 0 Å². The van der Waals surface area contributed by atoms with Crippen molar-refractivity contribution in [2.45, 2.75) is 12.5 Å². The molecule has 4 rings (SSSR count). The Balaban J connectivity index is 1.79. The lowest BCUT2D eigenvalue weighted by Gasteiger charge is -2.15. The molecule has 0 aliphatic rings. The van der Waals surface area contributed by atoms with Crippen molar-refractivity contribution in [3.05, 3.63) is 83.7 Å². The van der Waals surface area contributed by atoms with Gasteiger partial charge in [-0.15, -0.1) is 0 Å². The van der Waals surface area contributed by atoms with E-state index in [1.807, 2.05) is 48.5 Å². The lowest BCUT2D eigenvalue weighted by molar-refractivity contribution is 0.100. The lowest BCUT2D eigenvalue weighted by Crippen LogP contribution is -2.15. The van der Waals surface area contributed by atoms with Crippen molar-refractivity contribution in [1.82, 2.24) is 10.1 Å². The van der Waals surface area contributed by atoms with Gasteiger partial charge in [-0.2, -0.15) is 0 Å². The Morgan fingerprint density at radius 2 is 1.85 bits per heavy atom. The predicted octanol–water partition coefficient (Wildman–Crippen LogP) is 3.23. The molecule has 2 heterocycles. The minimum absolute atomic E-state index is 0.262. The molecule has 0 unspecified atom stereocenters. The standard InChI is InChI=1S/C21H18N4O2/c22-18(12-13-6-3-4-11-24-13)14-7-1-2-8-15(14)19-16-9-5-10-17(21(23)26)20(16)27-25-19/h1-11,18H,12,22H2,(H2,23,26)/t18-/m0/s1. The SMILES string of the molecule is NC(=O)c1cccc2c(-c3ccccc3[C@@H](N)Cc3ccccn3)noc12. The highest BCUT2D eigenvalue weighted by molar-refractivity contribution is 6.07. The van der Waals surface area contributed by atoms with Crippen molar-refractivity contribution >= 4 is 16.9 Å². The third-order valence-electron chi connectivity index (χ3n) is 4.53. The minimum Gasteiger partial charge on any atom is -0.365 e. The van der Waals surface area contributed by atoms with Crippen LogP contribution in [0, 0.1) is 0 Å². The Morgan fingerprint density at radius 3 is 2.63 bits per heavy atom. The monoisotopic (exact) mass is 358 g/mol. The second-order valence-corrected chi connectivity index (χ2v) is 6.30. The van der Waals surface area contributed by atoms with Crippen LogP contribution in [0.3, 0.4) is 0 Å². The first-order valence-electron chi connectivity index (χ1n) is 8.58. The summed E-state index contributed by atoms with van der Waals surface area (Å²) in [6.45, 7) is 0. The van der Waals surface area contributed by atoms with Crippen molar-refractivity contribution in [2.24, 2.45) is 11.5 Å². The summed E-state index contributed by atoms with van der Waals surface area (Å²) in [6.07, 6.45) is 2.35. The van der Waals surface area contributed by atoms with Gasteiger partial charge in [0.1, 0.15) is 5.69 Å². The molecule has 6 heteroatoms. The van der Waals surface area contributed by atoms with E-state index in [1.165, 1.54) is 0 Å². The number of hydrogen-bond acceptors (Lipinski definition) is 5. The Hall–Kier alpha value is -3.51. The second-order valence-electron chi connectivity index (χ2n) is 6.30. The molecule has 0 aliphatic heterocycles. The molecule has 1 amide bonds. The summed E-state index contributed by atoms with van der Waals surface area (Å²) in [6, 6.07) is 18.5. The van der Waals surface area contributed by atoms with E-state index in [1.54, 1.807) is 18.3 Å². The van der Waals surface area contributed by atoms with E-state index in [0.717, 1.165) is 22.2 Å². The molecule has 27 heavy (non-hydrogen) atoms. The van der Waals surface area contributed by atoms with E-state index in [-0.39, 0.29) is 6.04 Å². The van der Waals surface area contributed by atoms with Crippen LogP contribution in [0.15, 0.2) is 71.4 Å². The van der Waals surface area contributed by atoms with Crippen LogP contribution >= 0.6 is 0 Å². The van der Waals surface area contributed by atoms with Crippen LogP contribution in [0.2, 0.25) is 0 Å². The number of fused-ring (bicyclic) bond motifs is 1. The quantitative estimate of drug-likeness (QED) is 0.569. The van der Waals surface area contributed by atoms with Crippen LogP contribution in [-0.2, 0) is 6.42 Å². The first-order valence-corrected chi connectivity index (χ1v) is 8.58. The summed E-state index contributed by atoms with van der Waals surface area (Å²) in [5, 5.41) is 4.93. The zero-order valence-electron chi connectivity index (χ0n) is 14.5. The molecule has 2 aromatic carbocycles. The average Bonchev–Trinajstić information content (AvgIpc) is 3.12. The number of carbonyl (C=O) groups is 1. The molecule has 2 aromatic heterocycles. The van der Waals surface area contributed by atoms with Crippen LogP contribution in [0.1, 0.15) is 27.7 Å². The molecule has 0 fully saturated rings. The molecule has 134 valence electrons. The highest BCUT2D eigenvalue weighted by Crippen LogP contribution is 2.34. The van der Waals surface area contributed by atoms with Crippen LogP contribution in [0.4, 0.5) is 0 Å². The van der Waals surface area contributed by atoms with Crippen molar-refractivity contribution in [1.29, 1.82) is 0 Å². The van der Waals surface area contributed by atoms with Gasteiger partial charge in [-0.05, 0) is 29.8 Å². The fourth-order valence-electron chi connectivity index (χ4n) is 3.24. The lowest BCUT2D eigenvalue weighted by atomic mass is 9.94. The fourth-order valence-corrected chi connectivity index (χ4v) is 3.24. The molecular formula is C21H18N4O2. The topological polar surface area (TPSA) is 108 Å². The van der Waals surface area contributed by atoms with Gasteiger partial charge in [-0.1, -0.05) is 41.6 Å². The number of amides is 1. The molecule has 6 nitrogen and oxygen atoms in total. The summed E-state index contributed by atoms with van der Waals surface area (Å²) >= 11 is 0. The van der Waals surface area contributed by atoms with Crippen molar-refractivity contribution in [2.75, 3.05) is 0 Å². The van der Waals surface area contributed by atoms with E-state index in [0.29, 0.717) is 23.3 Å². The average molecular weight is 358 g/mol. The van der Waals surface area contributed by atoms with Crippen LogP contribution in [-0.4, -0.2) is 16.0 Å². The largest absolute Gasteiger partial charge is 0.365 e. The number of carbonyl (C=O) groups excluding carboxylic acids is 1. The number of primary amides is 1. The molecule has 0 saturated carbocycles. The van der Waals surface area contributed by atoms with Crippen molar-refractivity contribution < 1.29 is 9.32 Å². The fraction of sp³-hybridized carbons (Fsp3) is 0.0952. The van der Waals surface area contributed by atoms with E-state index in [9.17, 15) is 4.79 Å². The third kappa shape index (κ3) is 3.18. The second kappa shape index (κ2) is 7.01.